The molecule has 4 rings (SSSR count). The second-order valence-electron chi connectivity index (χ2n) is 6.98. The lowest BCUT2D eigenvalue weighted by Gasteiger charge is -2.23. The fourth-order valence-electron chi connectivity index (χ4n) is 3.47. The maximum atomic E-state index is 15.6. The summed E-state index contributed by atoms with van der Waals surface area (Å²) in [5, 5.41) is 19.3. The zero-order chi connectivity index (χ0) is 20.4. The third-order valence-electron chi connectivity index (χ3n) is 4.77. The number of halogens is 1. The average Bonchev–Trinajstić information content (AvgIpc) is 2.92. The molecule has 0 amide bonds. The van der Waals surface area contributed by atoms with E-state index in [1.165, 1.54) is 0 Å². The van der Waals surface area contributed by atoms with Crippen molar-refractivity contribution in [1.82, 2.24) is 15.3 Å². The highest BCUT2D eigenvalue weighted by Gasteiger charge is 2.29. The van der Waals surface area contributed by atoms with Gasteiger partial charge in [-0.2, -0.15) is 4.98 Å². The lowest BCUT2D eigenvalue weighted by molar-refractivity contribution is 0.162. The first-order valence-electron chi connectivity index (χ1n) is 9.56. The Morgan fingerprint density at radius 2 is 2.07 bits per heavy atom. The first kappa shape index (κ1) is 19.4. The van der Waals surface area contributed by atoms with Gasteiger partial charge in [0.15, 0.2) is 17.4 Å². The number of aryl methyl sites for hydroxylation is 1. The molecular formula is C20H24FN5O3. The summed E-state index contributed by atoms with van der Waals surface area (Å²) < 4.78 is 27.0. The van der Waals surface area contributed by atoms with Gasteiger partial charge in [0, 0.05) is 44.0 Å². The summed E-state index contributed by atoms with van der Waals surface area (Å²) in [7, 11) is 1.80. The summed E-state index contributed by atoms with van der Waals surface area (Å²) in [5.41, 5.74) is 2.54. The van der Waals surface area contributed by atoms with Crippen molar-refractivity contribution in [3.63, 3.8) is 0 Å². The third-order valence-corrected chi connectivity index (χ3v) is 4.77. The Balaban J connectivity index is 1.79. The molecule has 1 atom stereocenters. The van der Waals surface area contributed by atoms with Crippen molar-refractivity contribution >= 4 is 22.9 Å². The zero-order valence-electron chi connectivity index (χ0n) is 16.4. The molecule has 4 heterocycles. The van der Waals surface area contributed by atoms with E-state index in [1.807, 2.05) is 19.1 Å². The van der Waals surface area contributed by atoms with Crippen LogP contribution < -0.4 is 25.4 Å². The number of aromatic nitrogens is 2. The number of hydrogen-bond acceptors (Lipinski definition) is 8. The van der Waals surface area contributed by atoms with E-state index < -0.39 is 11.9 Å². The third kappa shape index (κ3) is 4.10. The number of β-amino-alcohol motifs (C(OH)–C–C–N with tert-alkyl or cyclic N) is 1. The van der Waals surface area contributed by atoms with Gasteiger partial charge in [0.05, 0.1) is 11.7 Å². The van der Waals surface area contributed by atoms with Crippen LogP contribution in [0.15, 0.2) is 18.2 Å². The molecule has 0 saturated carbocycles. The van der Waals surface area contributed by atoms with Crippen LogP contribution in [0.5, 0.6) is 11.6 Å². The van der Waals surface area contributed by atoms with Crippen LogP contribution in [0.1, 0.15) is 17.7 Å². The lowest BCUT2D eigenvalue weighted by atomic mass is 9.99. The van der Waals surface area contributed by atoms with Gasteiger partial charge in [-0.3, -0.25) is 0 Å². The number of pyridine rings is 2. The van der Waals surface area contributed by atoms with Crippen molar-refractivity contribution in [3.8, 4) is 11.6 Å². The van der Waals surface area contributed by atoms with Gasteiger partial charge in [0.1, 0.15) is 19.0 Å². The molecule has 4 N–H and O–H groups in total. The molecule has 2 aromatic heterocycles. The van der Waals surface area contributed by atoms with E-state index in [0.717, 1.165) is 11.4 Å². The van der Waals surface area contributed by atoms with Gasteiger partial charge in [-0.15, -0.1) is 0 Å². The Kier molecular flexibility index (Phi) is 5.50. The molecule has 0 bridgehead atoms. The van der Waals surface area contributed by atoms with Crippen LogP contribution in [0.4, 0.5) is 21.7 Å². The number of hydrogen-bond donors (Lipinski definition) is 4. The smallest absolute Gasteiger partial charge is 0.260 e. The van der Waals surface area contributed by atoms with Crippen molar-refractivity contribution in [2.75, 3.05) is 44.0 Å². The number of fused-ring (bicyclic) bond motifs is 1. The molecule has 0 saturated heterocycles. The van der Waals surface area contributed by atoms with Crippen molar-refractivity contribution in [2.24, 2.45) is 0 Å². The SMILES string of the molecule is CNc1cc(C)nc(Nc2nc3c(c(C4=CCNC[C@H](O)C4)c2F)OCCO3)c1. The van der Waals surface area contributed by atoms with E-state index in [-0.39, 0.29) is 23.0 Å². The predicted octanol–water partition coefficient (Wildman–Crippen LogP) is 2.22. The van der Waals surface area contributed by atoms with E-state index in [2.05, 4.69) is 25.9 Å². The molecule has 0 spiro atoms. The van der Waals surface area contributed by atoms with Gasteiger partial charge >= 0.3 is 0 Å². The summed E-state index contributed by atoms with van der Waals surface area (Å²) >= 11 is 0. The zero-order valence-corrected chi connectivity index (χ0v) is 16.4. The van der Waals surface area contributed by atoms with E-state index >= 15 is 4.39 Å². The summed E-state index contributed by atoms with van der Waals surface area (Å²) in [5.74, 6) is 0.387. The van der Waals surface area contributed by atoms with Gasteiger partial charge < -0.3 is 30.5 Å². The van der Waals surface area contributed by atoms with Crippen LogP contribution >= 0.6 is 0 Å². The maximum absolute atomic E-state index is 15.6. The molecule has 2 aliphatic heterocycles. The van der Waals surface area contributed by atoms with E-state index in [0.29, 0.717) is 44.1 Å². The maximum Gasteiger partial charge on any atom is 0.260 e. The van der Waals surface area contributed by atoms with Crippen molar-refractivity contribution in [1.29, 1.82) is 0 Å². The summed E-state index contributed by atoms with van der Waals surface area (Å²) in [4.78, 5) is 8.70. The minimum absolute atomic E-state index is 0.00278. The molecular weight excluding hydrogens is 377 g/mol. The average molecular weight is 401 g/mol. The van der Waals surface area contributed by atoms with Gasteiger partial charge in [-0.1, -0.05) is 6.08 Å². The highest BCUT2D eigenvalue weighted by atomic mass is 19.1. The van der Waals surface area contributed by atoms with Gasteiger partial charge in [0.25, 0.3) is 5.88 Å². The van der Waals surface area contributed by atoms with Crippen molar-refractivity contribution in [2.45, 2.75) is 19.4 Å². The molecule has 0 fully saturated rings. The van der Waals surface area contributed by atoms with Crippen molar-refractivity contribution < 1.29 is 19.0 Å². The topological polar surface area (TPSA) is 101 Å². The standard InChI is InChI=1S/C20H24FN5O3/c1-11-7-13(22-2)9-15(24-11)25-19-17(21)16(12-3-4-23-10-14(27)8-12)18-20(26-19)29-6-5-28-18/h3,7,9,14,23,27H,4-6,8,10H2,1-2H3,(H2,22,24,25,26)/t14-/m1/s1. The fraction of sp³-hybridized carbons (Fsp3) is 0.400. The minimum Gasteiger partial charge on any atom is -0.484 e. The Morgan fingerprint density at radius 1 is 1.24 bits per heavy atom. The number of nitrogens with one attached hydrogen (secondary N) is 3. The number of rotatable bonds is 4. The van der Waals surface area contributed by atoms with Gasteiger partial charge in [-0.05, 0) is 18.6 Å². The summed E-state index contributed by atoms with van der Waals surface area (Å²) in [6.07, 6.45) is 1.54. The predicted molar refractivity (Wildman–Crippen MR) is 108 cm³/mol. The molecule has 0 radical (unpaired) electrons. The highest BCUT2D eigenvalue weighted by molar-refractivity contribution is 5.77. The van der Waals surface area contributed by atoms with E-state index in [9.17, 15) is 5.11 Å². The second kappa shape index (κ2) is 8.22. The summed E-state index contributed by atoms with van der Waals surface area (Å²) in [6.45, 7) is 3.47. The van der Waals surface area contributed by atoms with Crippen LogP contribution in [0.2, 0.25) is 0 Å². The molecule has 2 aromatic rings. The first-order valence-corrected chi connectivity index (χ1v) is 9.56. The molecule has 0 unspecified atom stereocenters. The second-order valence-corrected chi connectivity index (χ2v) is 6.98. The van der Waals surface area contributed by atoms with Crippen molar-refractivity contribution in [3.05, 3.63) is 35.3 Å². The number of ether oxygens (including phenoxy) is 2. The Labute approximate surface area is 168 Å². The number of anilines is 3. The molecule has 29 heavy (non-hydrogen) atoms. The Morgan fingerprint density at radius 3 is 2.90 bits per heavy atom. The molecule has 8 nitrogen and oxygen atoms in total. The molecule has 9 heteroatoms. The molecule has 0 aliphatic carbocycles. The lowest BCUT2D eigenvalue weighted by Crippen LogP contribution is -2.24. The quantitative estimate of drug-likeness (QED) is 0.619. The van der Waals surface area contributed by atoms with Crippen LogP contribution in [-0.2, 0) is 0 Å². The van der Waals surface area contributed by atoms with E-state index in [4.69, 9.17) is 9.47 Å². The largest absolute Gasteiger partial charge is 0.484 e. The van der Waals surface area contributed by atoms with Gasteiger partial charge in [0.2, 0.25) is 0 Å². The first-order chi connectivity index (χ1) is 14.0. The van der Waals surface area contributed by atoms with E-state index in [1.54, 1.807) is 13.1 Å². The van der Waals surface area contributed by atoms with Crippen LogP contribution in [0, 0.1) is 12.7 Å². The highest BCUT2D eigenvalue weighted by Crippen LogP contribution is 2.42. The van der Waals surface area contributed by atoms with Crippen LogP contribution in [0.3, 0.4) is 0 Å². The number of nitrogens with zero attached hydrogens (tertiary/aromatic N) is 2. The Bertz CT molecular complexity index is 950. The fourth-order valence-corrected chi connectivity index (χ4v) is 3.47. The molecule has 0 aromatic carbocycles. The molecule has 2 aliphatic rings. The molecule has 154 valence electrons. The minimum atomic E-state index is -0.621. The normalized spacial score (nSPS) is 18.6. The van der Waals surface area contributed by atoms with Crippen LogP contribution in [0.25, 0.3) is 5.57 Å². The number of aliphatic hydroxyl groups excluding tert-OH is 1. The monoisotopic (exact) mass is 401 g/mol. The number of aliphatic hydroxyl groups is 1. The summed E-state index contributed by atoms with van der Waals surface area (Å²) in [6, 6.07) is 3.65. The Hall–Kier alpha value is -2.91. The van der Waals surface area contributed by atoms with Gasteiger partial charge in [-0.25, -0.2) is 9.37 Å². The van der Waals surface area contributed by atoms with Crippen LogP contribution in [-0.4, -0.2) is 54.5 Å².